The number of carbonyl (C=O) groups excluding carboxylic acids is 2. The summed E-state index contributed by atoms with van der Waals surface area (Å²) in [6.45, 7) is 0.419. The maximum Gasteiger partial charge on any atom is 0.313 e. The zero-order valence-corrected chi connectivity index (χ0v) is 11.3. The second-order valence-electron chi connectivity index (χ2n) is 3.74. The Kier molecular flexibility index (Phi) is 5.91. The molecule has 0 aliphatic carbocycles. The van der Waals surface area contributed by atoms with Crippen LogP contribution in [0.5, 0.6) is 0 Å². The Morgan fingerprint density at radius 2 is 2.11 bits per heavy atom. The van der Waals surface area contributed by atoms with Crippen molar-refractivity contribution in [2.24, 2.45) is 5.73 Å². The summed E-state index contributed by atoms with van der Waals surface area (Å²) < 4.78 is 4.98. The SMILES string of the molecule is COCc1cccc(NC(=O)C(=O)NCC(N)=S)c1. The van der Waals surface area contributed by atoms with Gasteiger partial charge >= 0.3 is 11.8 Å². The van der Waals surface area contributed by atoms with Gasteiger partial charge in [0.2, 0.25) is 0 Å². The van der Waals surface area contributed by atoms with Crippen molar-refractivity contribution >= 4 is 34.7 Å². The van der Waals surface area contributed by atoms with Crippen LogP contribution in [0.2, 0.25) is 0 Å². The van der Waals surface area contributed by atoms with Gasteiger partial charge < -0.3 is 21.1 Å². The summed E-state index contributed by atoms with van der Waals surface area (Å²) in [5.41, 5.74) is 6.63. The van der Waals surface area contributed by atoms with Crippen molar-refractivity contribution in [2.45, 2.75) is 6.61 Å². The van der Waals surface area contributed by atoms with E-state index >= 15 is 0 Å². The van der Waals surface area contributed by atoms with Crippen molar-refractivity contribution in [1.29, 1.82) is 0 Å². The smallest absolute Gasteiger partial charge is 0.313 e. The Balaban J connectivity index is 2.58. The molecule has 0 unspecified atom stereocenters. The van der Waals surface area contributed by atoms with Crippen LogP contribution in [-0.2, 0) is 20.9 Å². The Hall–Kier alpha value is -1.99. The van der Waals surface area contributed by atoms with Crippen LogP contribution in [-0.4, -0.2) is 30.5 Å². The van der Waals surface area contributed by atoms with Crippen molar-refractivity contribution < 1.29 is 14.3 Å². The number of thiocarbonyl (C=S) groups is 1. The summed E-state index contributed by atoms with van der Waals surface area (Å²) >= 11 is 4.59. The van der Waals surface area contributed by atoms with Crippen LogP contribution in [0.3, 0.4) is 0 Å². The highest BCUT2D eigenvalue weighted by molar-refractivity contribution is 7.80. The van der Waals surface area contributed by atoms with Gasteiger partial charge in [0.15, 0.2) is 0 Å². The van der Waals surface area contributed by atoms with Crippen molar-refractivity contribution in [3.63, 3.8) is 0 Å². The summed E-state index contributed by atoms with van der Waals surface area (Å²) in [7, 11) is 1.58. The molecule has 4 N–H and O–H groups in total. The van der Waals surface area contributed by atoms with Gasteiger partial charge in [-0.1, -0.05) is 24.4 Å². The van der Waals surface area contributed by atoms with Crippen LogP contribution in [0, 0.1) is 0 Å². The predicted octanol–water partition coefficient (Wildman–Crippen LogP) is 0.174. The van der Waals surface area contributed by atoms with E-state index in [1.54, 1.807) is 25.3 Å². The zero-order chi connectivity index (χ0) is 14.3. The molecule has 0 atom stereocenters. The molecule has 102 valence electrons. The topological polar surface area (TPSA) is 93.4 Å². The second-order valence-corrected chi connectivity index (χ2v) is 4.26. The molecule has 19 heavy (non-hydrogen) atoms. The Morgan fingerprint density at radius 3 is 2.74 bits per heavy atom. The van der Waals surface area contributed by atoms with Crippen LogP contribution in [0.4, 0.5) is 5.69 Å². The molecule has 7 heteroatoms. The van der Waals surface area contributed by atoms with E-state index in [2.05, 4.69) is 22.9 Å². The Morgan fingerprint density at radius 1 is 1.37 bits per heavy atom. The van der Waals surface area contributed by atoms with Gasteiger partial charge in [0.25, 0.3) is 0 Å². The number of rotatable bonds is 5. The molecule has 0 aliphatic heterocycles. The first kappa shape index (κ1) is 15.1. The molecule has 1 aromatic rings. The van der Waals surface area contributed by atoms with Gasteiger partial charge in [0.05, 0.1) is 18.1 Å². The molecule has 0 spiro atoms. The molecule has 0 heterocycles. The molecular formula is C12H15N3O3S. The molecule has 1 aromatic carbocycles. The summed E-state index contributed by atoms with van der Waals surface area (Å²) in [5.74, 6) is -1.56. The summed E-state index contributed by atoms with van der Waals surface area (Å²) in [6.07, 6.45) is 0. The molecule has 2 amide bonds. The number of ether oxygens (including phenoxy) is 1. The number of carbonyl (C=O) groups is 2. The average molecular weight is 281 g/mol. The highest BCUT2D eigenvalue weighted by Crippen LogP contribution is 2.11. The molecule has 0 saturated heterocycles. The van der Waals surface area contributed by atoms with Crippen LogP contribution in [0.15, 0.2) is 24.3 Å². The third-order valence-electron chi connectivity index (χ3n) is 2.13. The van der Waals surface area contributed by atoms with Crippen molar-refractivity contribution in [3.05, 3.63) is 29.8 Å². The van der Waals surface area contributed by atoms with Gasteiger partial charge in [-0.25, -0.2) is 0 Å². The van der Waals surface area contributed by atoms with Crippen molar-refractivity contribution in [1.82, 2.24) is 5.32 Å². The summed E-state index contributed by atoms with van der Waals surface area (Å²) in [6, 6.07) is 7.02. The van der Waals surface area contributed by atoms with Crippen LogP contribution in [0.1, 0.15) is 5.56 Å². The van der Waals surface area contributed by atoms with Crippen molar-refractivity contribution in [3.8, 4) is 0 Å². The first-order valence-corrected chi connectivity index (χ1v) is 5.89. The number of hydrogen-bond acceptors (Lipinski definition) is 4. The van der Waals surface area contributed by atoms with E-state index in [-0.39, 0.29) is 11.5 Å². The highest BCUT2D eigenvalue weighted by atomic mass is 32.1. The number of nitrogens with one attached hydrogen (secondary N) is 2. The van der Waals surface area contributed by atoms with Gasteiger partial charge in [0, 0.05) is 12.8 Å². The highest BCUT2D eigenvalue weighted by Gasteiger charge is 2.13. The number of hydrogen-bond donors (Lipinski definition) is 3. The third-order valence-corrected chi connectivity index (χ3v) is 2.27. The number of benzene rings is 1. The van der Waals surface area contributed by atoms with Crippen LogP contribution >= 0.6 is 12.2 Å². The van der Waals surface area contributed by atoms with Gasteiger partial charge in [-0.3, -0.25) is 9.59 Å². The lowest BCUT2D eigenvalue weighted by molar-refractivity contribution is -0.135. The van der Waals surface area contributed by atoms with E-state index in [0.29, 0.717) is 12.3 Å². The number of anilines is 1. The number of amides is 2. The molecule has 0 saturated carbocycles. The normalized spacial score (nSPS) is 9.74. The first-order valence-electron chi connectivity index (χ1n) is 5.48. The molecule has 0 bridgehead atoms. The predicted molar refractivity (Wildman–Crippen MR) is 75.6 cm³/mol. The Labute approximate surface area is 116 Å². The summed E-state index contributed by atoms with van der Waals surface area (Å²) in [4.78, 5) is 23.1. The van der Waals surface area contributed by atoms with E-state index in [1.165, 1.54) is 0 Å². The lowest BCUT2D eigenvalue weighted by Crippen LogP contribution is -2.39. The molecule has 1 rings (SSSR count). The standard InChI is InChI=1S/C12H15N3O3S/c1-18-7-8-3-2-4-9(5-8)15-12(17)11(16)14-6-10(13)19/h2-5H,6-7H2,1H3,(H2,13,19)(H,14,16)(H,15,17). The monoisotopic (exact) mass is 281 g/mol. The molecule has 0 radical (unpaired) electrons. The van der Waals surface area contributed by atoms with Crippen LogP contribution < -0.4 is 16.4 Å². The fraction of sp³-hybridized carbons (Fsp3) is 0.250. The number of methoxy groups -OCH3 is 1. The molecule has 0 fully saturated rings. The van der Waals surface area contributed by atoms with Gasteiger partial charge in [-0.2, -0.15) is 0 Å². The minimum absolute atomic E-state index is 0.00863. The maximum atomic E-state index is 11.6. The fourth-order valence-electron chi connectivity index (χ4n) is 1.34. The lowest BCUT2D eigenvalue weighted by atomic mass is 10.2. The first-order chi connectivity index (χ1) is 9.02. The van der Waals surface area contributed by atoms with E-state index in [9.17, 15) is 9.59 Å². The minimum Gasteiger partial charge on any atom is -0.392 e. The van der Waals surface area contributed by atoms with Gasteiger partial charge in [-0.15, -0.1) is 0 Å². The van der Waals surface area contributed by atoms with E-state index in [0.717, 1.165) is 5.56 Å². The van der Waals surface area contributed by atoms with Gasteiger partial charge in [-0.05, 0) is 17.7 Å². The van der Waals surface area contributed by atoms with Gasteiger partial charge in [0.1, 0.15) is 0 Å². The third kappa shape index (κ3) is 5.45. The quantitative estimate of drug-likeness (QED) is 0.528. The lowest BCUT2D eigenvalue weighted by Gasteiger charge is -2.07. The minimum atomic E-state index is -0.787. The van der Waals surface area contributed by atoms with E-state index < -0.39 is 11.8 Å². The fourth-order valence-corrected chi connectivity index (χ4v) is 1.41. The molecular weight excluding hydrogens is 266 g/mol. The average Bonchev–Trinajstić information content (AvgIpc) is 2.36. The second kappa shape index (κ2) is 7.45. The molecule has 6 nitrogen and oxygen atoms in total. The van der Waals surface area contributed by atoms with Crippen LogP contribution in [0.25, 0.3) is 0 Å². The maximum absolute atomic E-state index is 11.6. The zero-order valence-electron chi connectivity index (χ0n) is 10.4. The number of nitrogens with two attached hydrogens (primary N) is 1. The Bertz CT molecular complexity index is 491. The van der Waals surface area contributed by atoms with E-state index in [4.69, 9.17) is 10.5 Å². The largest absolute Gasteiger partial charge is 0.392 e. The summed E-state index contributed by atoms with van der Waals surface area (Å²) in [5, 5.41) is 4.77. The van der Waals surface area contributed by atoms with Crippen molar-refractivity contribution in [2.75, 3.05) is 19.0 Å². The van der Waals surface area contributed by atoms with E-state index in [1.807, 2.05) is 6.07 Å². The molecule has 0 aliphatic rings. The molecule has 0 aromatic heterocycles.